The SMILES string of the molecule is CN(C)c1cc2c(cc1O)CC[C@@H]1[C@@H]2CC[C@]2(C)C(=O)CC[C@@H]12. The van der Waals surface area contributed by atoms with E-state index in [1.807, 2.05) is 25.1 Å². The maximum atomic E-state index is 12.4. The lowest BCUT2D eigenvalue weighted by atomic mass is 9.55. The minimum absolute atomic E-state index is 0.0556. The summed E-state index contributed by atoms with van der Waals surface area (Å²) in [4.78, 5) is 14.4. The third kappa shape index (κ3) is 2.05. The van der Waals surface area contributed by atoms with Gasteiger partial charge in [0.15, 0.2) is 0 Å². The van der Waals surface area contributed by atoms with E-state index in [9.17, 15) is 9.90 Å². The van der Waals surface area contributed by atoms with Gasteiger partial charge in [0.2, 0.25) is 0 Å². The predicted molar refractivity (Wildman–Crippen MR) is 92.1 cm³/mol. The first-order valence-electron chi connectivity index (χ1n) is 8.98. The van der Waals surface area contributed by atoms with Crippen molar-refractivity contribution in [3.63, 3.8) is 0 Å². The molecule has 0 aliphatic heterocycles. The van der Waals surface area contributed by atoms with Crippen LogP contribution >= 0.6 is 0 Å². The fourth-order valence-corrected chi connectivity index (χ4v) is 5.73. The predicted octanol–water partition coefficient (Wildman–Crippen LogP) is 3.88. The van der Waals surface area contributed by atoms with Crippen molar-refractivity contribution in [1.29, 1.82) is 0 Å². The third-order valence-electron chi connectivity index (χ3n) is 7.01. The number of benzene rings is 1. The average Bonchev–Trinajstić information content (AvgIpc) is 2.81. The van der Waals surface area contributed by atoms with E-state index in [2.05, 4.69) is 13.0 Å². The summed E-state index contributed by atoms with van der Waals surface area (Å²) in [5.74, 6) is 2.68. The van der Waals surface area contributed by atoms with Crippen LogP contribution in [0.1, 0.15) is 56.1 Å². The van der Waals surface area contributed by atoms with Crippen LogP contribution in [0, 0.1) is 17.3 Å². The summed E-state index contributed by atoms with van der Waals surface area (Å²) in [6.07, 6.45) is 6.24. The van der Waals surface area contributed by atoms with Crippen molar-refractivity contribution in [3.05, 3.63) is 23.3 Å². The molecular weight excluding hydrogens is 286 g/mol. The Morgan fingerprint density at radius 1 is 1.17 bits per heavy atom. The van der Waals surface area contributed by atoms with E-state index < -0.39 is 0 Å². The molecular formula is C20H27NO2. The fraction of sp³-hybridized carbons (Fsp3) is 0.650. The number of fused-ring (bicyclic) bond motifs is 5. The van der Waals surface area contributed by atoms with Gasteiger partial charge in [0.05, 0.1) is 5.69 Å². The van der Waals surface area contributed by atoms with E-state index in [4.69, 9.17) is 0 Å². The molecule has 1 N–H and O–H groups in total. The summed E-state index contributed by atoms with van der Waals surface area (Å²) in [6, 6.07) is 4.19. The second-order valence-corrected chi connectivity index (χ2v) is 8.27. The van der Waals surface area contributed by atoms with Crippen LogP contribution in [0.4, 0.5) is 5.69 Å². The smallest absolute Gasteiger partial charge is 0.139 e. The van der Waals surface area contributed by atoms with Crippen LogP contribution in [-0.4, -0.2) is 25.0 Å². The number of carbonyl (C=O) groups excluding carboxylic acids is 1. The van der Waals surface area contributed by atoms with E-state index in [0.29, 0.717) is 29.3 Å². The molecule has 0 bridgehead atoms. The molecule has 0 spiro atoms. The third-order valence-corrected chi connectivity index (χ3v) is 7.01. The molecule has 3 heteroatoms. The van der Waals surface area contributed by atoms with Crippen molar-refractivity contribution in [2.45, 2.75) is 51.4 Å². The number of nitrogens with zero attached hydrogens (tertiary/aromatic N) is 1. The average molecular weight is 313 g/mol. The molecule has 3 aliphatic rings. The Morgan fingerprint density at radius 2 is 1.96 bits per heavy atom. The molecule has 124 valence electrons. The van der Waals surface area contributed by atoms with Gasteiger partial charge >= 0.3 is 0 Å². The molecule has 0 amide bonds. The molecule has 0 aromatic heterocycles. The zero-order valence-corrected chi connectivity index (χ0v) is 14.4. The van der Waals surface area contributed by atoms with E-state index in [1.54, 1.807) is 0 Å². The Morgan fingerprint density at radius 3 is 2.70 bits per heavy atom. The largest absolute Gasteiger partial charge is 0.506 e. The second-order valence-electron chi connectivity index (χ2n) is 8.27. The van der Waals surface area contributed by atoms with E-state index in [1.165, 1.54) is 17.5 Å². The molecule has 1 aromatic rings. The number of carbonyl (C=O) groups is 1. The minimum Gasteiger partial charge on any atom is -0.506 e. The van der Waals surface area contributed by atoms with Crippen LogP contribution in [0.15, 0.2) is 12.1 Å². The Bertz CT molecular complexity index is 666. The topological polar surface area (TPSA) is 40.5 Å². The summed E-state index contributed by atoms with van der Waals surface area (Å²) < 4.78 is 0. The van der Waals surface area contributed by atoms with Crippen molar-refractivity contribution >= 4 is 11.5 Å². The summed E-state index contributed by atoms with van der Waals surface area (Å²) >= 11 is 0. The van der Waals surface area contributed by atoms with Gasteiger partial charge in [-0.1, -0.05) is 6.92 Å². The number of ketones is 1. The first kappa shape index (κ1) is 15.0. The number of aryl methyl sites for hydroxylation is 1. The molecule has 2 saturated carbocycles. The molecule has 3 aliphatic carbocycles. The van der Waals surface area contributed by atoms with Gasteiger partial charge in [-0.25, -0.2) is 0 Å². The van der Waals surface area contributed by atoms with Crippen molar-refractivity contribution in [3.8, 4) is 5.75 Å². The lowest BCUT2D eigenvalue weighted by Gasteiger charge is -2.48. The van der Waals surface area contributed by atoms with Gasteiger partial charge in [0.25, 0.3) is 0 Å². The molecule has 0 saturated heterocycles. The number of hydrogen-bond acceptors (Lipinski definition) is 3. The van der Waals surface area contributed by atoms with Crippen molar-refractivity contribution in [2.75, 3.05) is 19.0 Å². The summed E-state index contributed by atoms with van der Waals surface area (Å²) in [7, 11) is 3.96. The van der Waals surface area contributed by atoms with Crippen LogP contribution in [0.5, 0.6) is 5.75 Å². The van der Waals surface area contributed by atoms with Crippen LogP contribution in [0.2, 0.25) is 0 Å². The van der Waals surface area contributed by atoms with Crippen molar-refractivity contribution < 1.29 is 9.90 Å². The maximum absolute atomic E-state index is 12.4. The Kier molecular flexibility index (Phi) is 3.26. The highest BCUT2D eigenvalue weighted by molar-refractivity contribution is 5.87. The molecule has 0 heterocycles. The number of Topliss-reactive ketones (excluding diaryl/α,β-unsaturated/α-hetero) is 1. The summed E-state index contributed by atoms with van der Waals surface area (Å²) in [5.41, 5.74) is 3.62. The zero-order valence-electron chi connectivity index (χ0n) is 14.4. The molecule has 4 atom stereocenters. The highest BCUT2D eigenvalue weighted by atomic mass is 16.3. The molecule has 4 rings (SSSR count). The van der Waals surface area contributed by atoms with Gasteiger partial charge in [-0.3, -0.25) is 4.79 Å². The normalized spacial score (nSPS) is 35.4. The fourth-order valence-electron chi connectivity index (χ4n) is 5.73. The zero-order chi connectivity index (χ0) is 16.4. The lowest BCUT2D eigenvalue weighted by molar-refractivity contribution is -0.129. The number of aromatic hydroxyl groups is 1. The number of phenolic OH excluding ortho intramolecular Hbond substituents is 1. The number of anilines is 1. The molecule has 23 heavy (non-hydrogen) atoms. The summed E-state index contributed by atoms with van der Waals surface area (Å²) in [6.45, 7) is 2.22. The molecule has 0 unspecified atom stereocenters. The lowest BCUT2D eigenvalue weighted by Crippen LogP contribution is -2.42. The van der Waals surface area contributed by atoms with Gasteiger partial charge in [-0.05, 0) is 73.1 Å². The first-order valence-corrected chi connectivity index (χ1v) is 8.98. The molecule has 2 fully saturated rings. The molecule has 1 aromatic carbocycles. The van der Waals surface area contributed by atoms with Crippen LogP contribution in [0.25, 0.3) is 0 Å². The van der Waals surface area contributed by atoms with Gasteiger partial charge in [-0.15, -0.1) is 0 Å². The Hall–Kier alpha value is -1.51. The quantitative estimate of drug-likeness (QED) is 0.855. The number of rotatable bonds is 1. The van der Waals surface area contributed by atoms with E-state index in [-0.39, 0.29) is 5.41 Å². The maximum Gasteiger partial charge on any atom is 0.139 e. The van der Waals surface area contributed by atoms with E-state index in [0.717, 1.165) is 37.8 Å². The van der Waals surface area contributed by atoms with Crippen LogP contribution in [-0.2, 0) is 11.2 Å². The van der Waals surface area contributed by atoms with Crippen molar-refractivity contribution in [2.24, 2.45) is 17.3 Å². The highest BCUT2D eigenvalue weighted by Gasteiger charge is 2.54. The Labute approximate surface area is 138 Å². The van der Waals surface area contributed by atoms with Gasteiger partial charge in [0.1, 0.15) is 11.5 Å². The van der Waals surface area contributed by atoms with Crippen molar-refractivity contribution in [1.82, 2.24) is 0 Å². The van der Waals surface area contributed by atoms with Gasteiger partial charge in [0, 0.05) is 25.9 Å². The second kappa shape index (κ2) is 4.99. The number of hydrogen-bond donors (Lipinski definition) is 1. The van der Waals surface area contributed by atoms with Crippen LogP contribution < -0.4 is 4.90 Å². The number of phenols is 1. The molecule has 0 radical (unpaired) electrons. The highest BCUT2D eigenvalue weighted by Crippen LogP contribution is 2.60. The molecule has 3 nitrogen and oxygen atoms in total. The monoisotopic (exact) mass is 313 g/mol. The minimum atomic E-state index is -0.0556. The van der Waals surface area contributed by atoms with Crippen LogP contribution in [0.3, 0.4) is 0 Å². The summed E-state index contributed by atoms with van der Waals surface area (Å²) in [5, 5.41) is 10.3. The van der Waals surface area contributed by atoms with Gasteiger partial charge in [-0.2, -0.15) is 0 Å². The Balaban J connectivity index is 1.74. The van der Waals surface area contributed by atoms with E-state index >= 15 is 0 Å². The first-order chi connectivity index (χ1) is 10.9. The van der Waals surface area contributed by atoms with Gasteiger partial charge < -0.3 is 10.0 Å². The standard InChI is InChI=1S/C20H27NO2/c1-20-9-8-13-14(16(20)6-7-19(20)23)5-4-12-10-18(22)17(21(2)3)11-15(12)13/h10-11,13-14,16,22H,4-9H2,1-3H3/t13-,14+,16-,20-/m0/s1.